The molecule has 0 spiro atoms. The lowest BCUT2D eigenvalue weighted by Crippen LogP contribution is -2.12. The number of hydrogen-bond donors (Lipinski definition) is 1. The minimum atomic E-state index is 0.320. The van der Waals surface area contributed by atoms with E-state index in [-0.39, 0.29) is 0 Å². The molecule has 0 unspecified atom stereocenters. The first-order chi connectivity index (χ1) is 9.15. The fourth-order valence-electron chi connectivity index (χ4n) is 1.89. The number of nitrogens with two attached hydrogens (primary N) is 1. The highest BCUT2D eigenvalue weighted by atomic mass is 35.5. The lowest BCUT2D eigenvalue weighted by molar-refractivity contribution is 0.304. The summed E-state index contributed by atoms with van der Waals surface area (Å²) in [6.07, 6.45) is 7.46. The zero-order valence-electron chi connectivity index (χ0n) is 11.5. The van der Waals surface area contributed by atoms with Crippen molar-refractivity contribution >= 4 is 28.8 Å². The molecule has 0 aliphatic carbocycles. The third-order valence-electron chi connectivity index (χ3n) is 2.96. The molecule has 1 aromatic carbocycles. The van der Waals surface area contributed by atoms with E-state index in [4.69, 9.17) is 34.3 Å². The molecule has 2 N–H and O–H groups in total. The predicted molar refractivity (Wildman–Crippen MR) is 86.2 cm³/mol. The fraction of sp³-hybridized carbons (Fsp3) is 0.533. The Bertz CT molecular complexity index is 409. The van der Waals surface area contributed by atoms with Crippen LogP contribution < -0.4 is 10.5 Å². The van der Waals surface area contributed by atoms with Crippen molar-refractivity contribution in [1.82, 2.24) is 0 Å². The highest BCUT2D eigenvalue weighted by Crippen LogP contribution is 2.23. The number of thiocarbonyl (C=S) groups is 1. The average Bonchev–Trinajstić information content (AvgIpc) is 2.39. The molecule has 0 aliphatic rings. The van der Waals surface area contributed by atoms with Crippen molar-refractivity contribution in [2.75, 3.05) is 6.61 Å². The van der Waals surface area contributed by atoms with Crippen LogP contribution in [0.15, 0.2) is 18.2 Å². The zero-order valence-corrected chi connectivity index (χ0v) is 13.0. The molecular formula is C15H22ClNOS. The van der Waals surface area contributed by atoms with Crippen molar-refractivity contribution in [3.05, 3.63) is 28.8 Å². The van der Waals surface area contributed by atoms with Crippen LogP contribution in [0.5, 0.6) is 5.75 Å². The van der Waals surface area contributed by atoms with E-state index in [2.05, 4.69) is 6.92 Å². The maximum Gasteiger partial charge on any atom is 0.129 e. The number of unbranched alkanes of at least 4 members (excludes halogenated alkanes) is 5. The Labute approximate surface area is 126 Å². The lowest BCUT2D eigenvalue weighted by atomic mass is 10.1. The Morgan fingerprint density at radius 3 is 2.58 bits per heavy atom. The van der Waals surface area contributed by atoms with Gasteiger partial charge in [-0.25, -0.2) is 0 Å². The first-order valence-corrected chi connectivity index (χ1v) is 7.66. The Balaban J connectivity index is 2.35. The quantitative estimate of drug-likeness (QED) is 0.529. The van der Waals surface area contributed by atoms with Crippen molar-refractivity contribution in [2.24, 2.45) is 5.73 Å². The van der Waals surface area contributed by atoms with Gasteiger partial charge in [0.25, 0.3) is 0 Å². The van der Waals surface area contributed by atoms with E-state index >= 15 is 0 Å². The summed E-state index contributed by atoms with van der Waals surface area (Å²) in [7, 11) is 0. The Hall–Kier alpha value is -0.800. The van der Waals surface area contributed by atoms with E-state index in [1.54, 1.807) is 12.1 Å². The molecule has 0 fully saturated rings. The van der Waals surface area contributed by atoms with Gasteiger partial charge in [0.15, 0.2) is 0 Å². The monoisotopic (exact) mass is 299 g/mol. The van der Waals surface area contributed by atoms with Crippen LogP contribution in [0.1, 0.15) is 51.0 Å². The molecular weight excluding hydrogens is 278 g/mol. The molecule has 1 aromatic rings. The SMILES string of the molecule is CCCCCCCCOc1ccc(Cl)cc1C(N)=S. The Kier molecular flexibility index (Phi) is 7.84. The van der Waals surface area contributed by atoms with E-state index in [1.807, 2.05) is 6.07 Å². The summed E-state index contributed by atoms with van der Waals surface area (Å²) in [5, 5.41) is 0.620. The second-order valence-corrected chi connectivity index (χ2v) is 5.50. The molecule has 2 nitrogen and oxygen atoms in total. The number of rotatable bonds is 9. The minimum Gasteiger partial charge on any atom is -0.493 e. The molecule has 0 amide bonds. The second kappa shape index (κ2) is 9.16. The first-order valence-electron chi connectivity index (χ1n) is 6.87. The average molecular weight is 300 g/mol. The number of benzene rings is 1. The number of ether oxygens (including phenoxy) is 1. The normalized spacial score (nSPS) is 10.4. The van der Waals surface area contributed by atoms with Gasteiger partial charge in [0.1, 0.15) is 10.7 Å². The second-order valence-electron chi connectivity index (χ2n) is 4.62. The predicted octanol–water partition coefficient (Wildman–Crippen LogP) is 4.71. The summed E-state index contributed by atoms with van der Waals surface area (Å²) in [5.74, 6) is 0.727. The van der Waals surface area contributed by atoms with E-state index in [0.29, 0.717) is 22.2 Å². The van der Waals surface area contributed by atoms with Gasteiger partial charge in [-0.05, 0) is 24.6 Å². The van der Waals surface area contributed by atoms with Gasteiger partial charge in [0, 0.05) is 5.02 Å². The summed E-state index contributed by atoms with van der Waals surface area (Å²) in [6, 6.07) is 5.37. The molecule has 0 atom stereocenters. The third-order valence-corrected chi connectivity index (χ3v) is 3.42. The largest absolute Gasteiger partial charge is 0.493 e. The highest BCUT2D eigenvalue weighted by Gasteiger charge is 2.07. The summed E-state index contributed by atoms with van der Waals surface area (Å²) in [5.41, 5.74) is 6.38. The van der Waals surface area contributed by atoms with Crippen molar-refractivity contribution in [3.63, 3.8) is 0 Å². The van der Waals surface area contributed by atoms with Crippen LogP contribution in [0.3, 0.4) is 0 Å². The molecule has 106 valence electrons. The maximum absolute atomic E-state index is 5.92. The molecule has 0 aromatic heterocycles. The Morgan fingerprint density at radius 1 is 1.21 bits per heavy atom. The highest BCUT2D eigenvalue weighted by molar-refractivity contribution is 7.80. The smallest absolute Gasteiger partial charge is 0.129 e. The number of hydrogen-bond acceptors (Lipinski definition) is 2. The van der Waals surface area contributed by atoms with Crippen molar-refractivity contribution in [2.45, 2.75) is 45.4 Å². The van der Waals surface area contributed by atoms with E-state index in [1.165, 1.54) is 32.1 Å². The zero-order chi connectivity index (χ0) is 14.1. The van der Waals surface area contributed by atoms with Gasteiger partial charge in [0.05, 0.1) is 12.2 Å². The number of halogens is 1. The third kappa shape index (κ3) is 6.26. The van der Waals surface area contributed by atoms with Crippen LogP contribution in [-0.4, -0.2) is 11.6 Å². The summed E-state index contributed by atoms with van der Waals surface area (Å²) >= 11 is 10.9. The van der Waals surface area contributed by atoms with Gasteiger partial charge in [0.2, 0.25) is 0 Å². The Morgan fingerprint density at radius 2 is 1.89 bits per heavy atom. The first kappa shape index (κ1) is 16.3. The molecule has 0 heterocycles. The maximum atomic E-state index is 5.92. The van der Waals surface area contributed by atoms with Gasteiger partial charge in [-0.3, -0.25) is 0 Å². The molecule has 19 heavy (non-hydrogen) atoms. The van der Waals surface area contributed by atoms with Crippen LogP contribution in [0.4, 0.5) is 0 Å². The lowest BCUT2D eigenvalue weighted by Gasteiger charge is -2.11. The molecule has 0 aliphatic heterocycles. The van der Waals surface area contributed by atoms with Crippen molar-refractivity contribution in [3.8, 4) is 5.75 Å². The standard InChI is InChI=1S/C15H22ClNOS/c1-2-3-4-5-6-7-10-18-14-9-8-12(16)11-13(14)15(17)19/h8-9,11H,2-7,10H2,1H3,(H2,17,19). The van der Waals surface area contributed by atoms with Crippen LogP contribution in [0, 0.1) is 0 Å². The van der Waals surface area contributed by atoms with E-state index in [0.717, 1.165) is 12.2 Å². The van der Waals surface area contributed by atoms with Crippen LogP contribution in [0.2, 0.25) is 5.02 Å². The molecule has 0 saturated carbocycles. The molecule has 1 rings (SSSR count). The van der Waals surface area contributed by atoms with Crippen molar-refractivity contribution in [1.29, 1.82) is 0 Å². The van der Waals surface area contributed by atoms with E-state index < -0.39 is 0 Å². The van der Waals surface area contributed by atoms with Gasteiger partial charge >= 0.3 is 0 Å². The van der Waals surface area contributed by atoms with Gasteiger partial charge < -0.3 is 10.5 Å². The molecule has 0 saturated heterocycles. The fourth-order valence-corrected chi connectivity index (χ4v) is 2.22. The molecule has 4 heteroatoms. The van der Waals surface area contributed by atoms with Gasteiger partial charge in [-0.15, -0.1) is 0 Å². The summed E-state index contributed by atoms with van der Waals surface area (Å²) < 4.78 is 5.73. The van der Waals surface area contributed by atoms with Gasteiger partial charge in [-0.2, -0.15) is 0 Å². The van der Waals surface area contributed by atoms with Crippen LogP contribution in [0.25, 0.3) is 0 Å². The van der Waals surface area contributed by atoms with Crippen molar-refractivity contribution < 1.29 is 4.74 Å². The van der Waals surface area contributed by atoms with Crippen LogP contribution in [-0.2, 0) is 0 Å². The van der Waals surface area contributed by atoms with Crippen LogP contribution >= 0.6 is 23.8 Å². The summed E-state index contributed by atoms with van der Waals surface area (Å²) in [6.45, 7) is 2.92. The van der Waals surface area contributed by atoms with E-state index in [9.17, 15) is 0 Å². The summed E-state index contributed by atoms with van der Waals surface area (Å²) in [4.78, 5) is 0.320. The topological polar surface area (TPSA) is 35.2 Å². The molecule has 0 radical (unpaired) electrons. The van der Waals surface area contributed by atoms with Gasteiger partial charge in [-0.1, -0.05) is 62.8 Å². The minimum absolute atomic E-state index is 0.320. The molecule has 0 bridgehead atoms.